The summed E-state index contributed by atoms with van der Waals surface area (Å²) < 4.78 is 3.59. The van der Waals surface area contributed by atoms with Gasteiger partial charge in [0.2, 0.25) is 0 Å². The monoisotopic (exact) mass is 507 g/mol. The summed E-state index contributed by atoms with van der Waals surface area (Å²) >= 11 is 8.84. The molecule has 5 rings (SSSR count). The molecule has 5 aromatic heterocycles. The van der Waals surface area contributed by atoms with E-state index in [1.165, 1.54) is 27.4 Å². The quantitative estimate of drug-likeness (QED) is 0.326. The van der Waals surface area contributed by atoms with Crippen LogP contribution in [0.25, 0.3) is 11.3 Å². The van der Waals surface area contributed by atoms with Gasteiger partial charge in [0.15, 0.2) is 0 Å². The number of rotatable bonds is 7. The fourth-order valence-corrected chi connectivity index (χ4v) is 5.12. The summed E-state index contributed by atoms with van der Waals surface area (Å²) in [6.07, 6.45) is 3.41. The SMILES string of the molecule is O=C(c1cccs1)n1nc(-c2cccn(Cc3ccccn3)c2=O)cc1NCc1ccc(Cl)s1. The molecular formula is C24H18ClN5O2S2. The number of hydrogen-bond acceptors (Lipinski definition) is 7. The second-order valence-corrected chi connectivity index (χ2v) is 10.1. The van der Waals surface area contributed by atoms with E-state index in [4.69, 9.17) is 11.6 Å². The molecule has 0 aliphatic rings. The van der Waals surface area contributed by atoms with Crippen LogP contribution in [0.3, 0.4) is 0 Å². The molecule has 7 nitrogen and oxygen atoms in total. The van der Waals surface area contributed by atoms with Gasteiger partial charge in [-0.2, -0.15) is 9.78 Å². The molecule has 0 aromatic carbocycles. The molecule has 0 saturated heterocycles. The highest BCUT2D eigenvalue weighted by Gasteiger charge is 2.20. The summed E-state index contributed by atoms with van der Waals surface area (Å²) in [6.45, 7) is 0.811. The highest BCUT2D eigenvalue weighted by atomic mass is 35.5. The first-order chi connectivity index (χ1) is 16.6. The first kappa shape index (κ1) is 22.3. The molecule has 0 aliphatic carbocycles. The third kappa shape index (κ3) is 4.72. The van der Waals surface area contributed by atoms with Crippen LogP contribution in [0.4, 0.5) is 5.82 Å². The van der Waals surface area contributed by atoms with E-state index in [2.05, 4.69) is 15.4 Å². The number of carbonyl (C=O) groups excluding carboxylic acids is 1. The Morgan fingerprint density at radius 3 is 2.74 bits per heavy atom. The standard InChI is InChI=1S/C24H18ClN5O2S2/c25-21-9-8-17(34-21)14-27-22-13-19(28-30(22)24(32)20-7-4-12-33-20)18-6-3-11-29(23(18)31)15-16-5-1-2-10-26-16/h1-13,27H,14-15H2. The maximum Gasteiger partial charge on any atom is 0.290 e. The van der Waals surface area contributed by atoms with E-state index >= 15 is 0 Å². The number of carbonyl (C=O) groups is 1. The molecule has 5 heterocycles. The van der Waals surface area contributed by atoms with Crippen molar-refractivity contribution in [3.63, 3.8) is 0 Å². The van der Waals surface area contributed by atoms with E-state index in [0.29, 0.717) is 39.4 Å². The summed E-state index contributed by atoms with van der Waals surface area (Å²) in [5.41, 5.74) is 1.38. The van der Waals surface area contributed by atoms with Gasteiger partial charge in [-0.25, -0.2) is 0 Å². The molecule has 0 fully saturated rings. The molecule has 0 bridgehead atoms. The summed E-state index contributed by atoms with van der Waals surface area (Å²) in [5.74, 6) is 0.232. The molecule has 0 aliphatic heterocycles. The molecule has 170 valence electrons. The van der Waals surface area contributed by atoms with Crippen LogP contribution >= 0.6 is 34.3 Å². The maximum atomic E-state index is 13.2. The van der Waals surface area contributed by atoms with Crippen LogP contribution in [0.2, 0.25) is 4.34 Å². The number of nitrogens with one attached hydrogen (secondary N) is 1. The van der Waals surface area contributed by atoms with Gasteiger partial charge in [-0.05, 0) is 47.8 Å². The van der Waals surface area contributed by atoms with Gasteiger partial charge in [-0.3, -0.25) is 14.6 Å². The number of anilines is 1. The lowest BCUT2D eigenvalue weighted by Gasteiger charge is -2.07. The van der Waals surface area contributed by atoms with E-state index in [1.807, 2.05) is 41.8 Å². The van der Waals surface area contributed by atoms with E-state index in [-0.39, 0.29) is 11.5 Å². The number of halogens is 1. The van der Waals surface area contributed by atoms with Crippen molar-refractivity contribution in [2.75, 3.05) is 5.32 Å². The van der Waals surface area contributed by atoms with Crippen LogP contribution in [0.5, 0.6) is 0 Å². The predicted octanol–water partition coefficient (Wildman–Crippen LogP) is 5.23. The van der Waals surface area contributed by atoms with Crippen LogP contribution in [0.1, 0.15) is 20.2 Å². The lowest BCUT2D eigenvalue weighted by atomic mass is 10.2. The molecular weight excluding hydrogens is 490 g/mol. The summed E-state index contributed by atoms with van der Waals surface area (Å²) in [6, 6.07) is 18.1. The zero-order chi connectivity index (χ0) is 23.5. The smallest absolute Gasteiger partial charge is 0.290 e. The van der Waals surface area contributed by atoms with Crippen molar-refractivity contribution in [3.8, 4) is 11.3 Å². The number of aromatic nitrogens is 4. The van der Waals surface area contributed by atoms with Crippen molar-refractivity contribution in [3.05, 3.63) is 109 Å². The van der Waals surface area contributed by atoms with Crippen molar-refractivity contribution in [1.29, 1.82) is 0 Å². The second-order valence-electron chi connectivity index (χ2n) is 7.34. The van der Waals surface area contributed by atoms with Gasteiger partial charge >= 0.3 is 0 Å². The molecule has 0 atom stereocenters. The van der Waals surface area contributed by atoms with Crippen LogP contribution in [-0.4, -0.2) is 25.2 Å². The van der Waals surface area contributed by atoms with Crippen LogP contribution in [0.15, 0.2) is 83.2 Å². The summed E-state index contributed by atoms with van der Waals surface area (Å²) in [5, 5.41) is 9.63. The fourth-order valence-electron chi connectivity index (χ4n) is 3.44. The van der Waals surface area contributed by atoms with E-state index in [0.717, 1.165) is 10.6 Å². The largest absolute Gasteiger partial charge is 0.365 e. The Balaban J connectivity index is 1.51. The highest BCUT2D eigenvalue weighted by molar-refractivity contribution is 7.16. The topological polar surface area (TPSA) is 81.8 Å². The number of nitrogens with zero attached hydrogens (tertiary/aromatic N) is 4. The fraction of sp³-hybridized carbons (Fsp3) is 0.0833. The lowest BCUT2D eigenvalue weighted by Crippen LogP contribution is -2.22. The zero-order valence-electron chi connectivity index (χ0n) is 17.7. The van der Waals surface area contributed by atoms with Gasteiger partial charge < -0.3 is 9.88 Å². The molecule has 0 unspecified atom stereocenters. The summed E-state index contributed by atoms with van der Waals surface area (Å²) in [7, 11) is 0. The lowest BCUT2D eigenvalue weighted by molar-refractivity contribution is 0.0952. The Morgan fingerprint density at radius 1 is 1.09 bits per heavy atom. The van der Waals surface area contributed by atoms with E-state index < -0.39 is 0 Å². The third-order valence-corrected chi connectivity index (χ3v) is 7.15. The van der Waals surface area contributed by atoms with Crippen molar-refractivity contribution in [2.24, 2.45) is 0 Å². The van der Waals surface area contributed by atoms with Gasteiger partial charge in [-0.1, -0.05) is 23.7 Å². The zero-order valence-corrected chi connectivity index (χ0v) is 20.1. The first-order valence-electron chi connectivity index (χ1n) is 10.3. The number of pyridine rings is 2. The molecule has 0 amide bonds. The van der Waals surface area contributed by atoms with Gasteiger partial charge in [0, 0.05) is 23.3 Å². The Hall–Kier alpha value is -3.53. The van der Waals surface area contributed by atoms with Crippen molar-refractivity contribution in [1.82, 2.24) is 19.3 Å². The minimum atomic E-state index is -0.266. The van der Waals surface area contributed by atoms with Gasteiger partial charge in [0.1, 0.15) is 11.5 Å². The molecule has 5 aromatic rings. The van der Waals surface area contributed by atoms with E-state index in [9.17, 15) is 9.59 Å². The molecule has 0 saturated carbocycles. The normalized spacial score (nSPS) is 11.0. The third-order valence-electron chi connectivity index (χ3n) is 5.06. The molecule has 10 heteroatoms. The second kappa shape index (κ2) is 9.76. The Bertz CT molecular complexity index is 1490. The predicted molar refractivity (Wildman–Crippen MR) is 136 cm³/mol. The molecule has 34 heavy (non-hydrogen) atoms. The Morgan fingerprint density at radius 2 is 2.00 bits per heavy atom. The Kier molecular flexibility index (Phi) is 6.39. The average molecular weight is 508 g/mol. The molecule has 0 spiro atoms. The highest BCUT2D eigenvalue weighted by Crippen LogP contribution is 2.25. The first-order valence-corrected chi connectivity index (χ1v) is 12.4. The molecule has 0 radical (unpaired) electrons. The minimum absolute atomic E-state index is 0.210. The van der Waals surface area contributed by atoms with Crippen molar-refractivity contribution >= 4 is 46.0 Å². The number of thiophene rings is 2. The van der Waals surface area contributed by atoms with Gasteiger partial charge in [0.25, 0.3) is 11.5 Å². The van der Waals surface area contributed by atoms with Gasteiger partial charge in [0.05, 0.1) is 33.6 Å². The maximum absolute atomic E-state index is 13.2. The Labute approximate surface area is 207 Å². The van der Waals surface area contributed by atoms with E-state index in [1.54, 1.807) is 41.2 Å². The average Bonchev–Trinajstić information content (AvgIpc) is 3.61. The summed E-state index contributed by atoms with van der Waals surface area (Å²) in [4.78, 5) is 32.3. The van der Waals surface area contributed by atoms with Crippen molar-refractivity contribution < 1.29 is 4.79 Å². The van der Waals surface area contributed by atoms with Crippen molar-refractivity contribution in [2.45, 2.75) is 13.1 Å². The minimum Gasteiger partial charge on any atom is -0.365 e. The van der Waals surface area contributed by atoms with Gasteiger partial charge in [-0.15, -0.1) is 22.7 Å². The van der Waals surface area contributed by atoms with Crippen LogP contribution in [-0.2, 0) is 13.1 Å². The number of hydrogen-bond donors (Lipinski definition) is 1. The molecule has 1 N–H and O–H groups in total. The van der Waals surface area contributed by atoms with Crippen LogP contribution in [0, 0.1) is 0 Å². The van der Waals surface area contributed by atoms with Crippen LogP contribution < -0.4 is 10.9 Å².